The Morgan fingerprint density at radius 3 is 3.00 bits per heavy atom. The Hall–Kier alpha value is -1.16. The van der Waals surface area contributed by atoms with Crippen LogP contribution in [-0.2, 0) is 13.0 Å². The van der Waals surface area contributed by atoms with E-state index in [9.17, 15) is 0 Å². The SMILES string of the molecule is Cc1ccc(-c2nc3n(n2)CCCC3)s1. The van der Waals surface area contributed by atoms with Gasteiger partial charge in [-0.3, -0.25) is 0 Å². The molecule has 0 spiro atoms. The molecule has 0 N–H and O–H groups in total. The van der Waals surface area contributed by atoms with Gasteiger partial charge < -0.3 is 0 Å². The average molecular weight is 219 g/mol. The van der Waals surface area contributed by atoms with E-state index < -0.39 is 0 Å². The number of rotatable bonds is 1. The fourth-order valence-corrected chi connectivity index (χ4v) is 2.74. The Bertz CT molecular complexity index is 460. The Balaban J connectivity index is 2.02. The minimum absolute atomic E-state index is 0.907. The van der Waals surface area contributed by atoms with Crippen LogP contribution in [0.5, 0.6) is 0 Å². The van der Waals surface area contributed by atoms with Crippen LogP contribution in [-0.4, -0.2) is 14.8 Å². The maximum Gasteiger partial charge on any atom is 0.191 e. The molecule has 4 heteroatoms. The molecule has 0 saturated heterocycles. The summed E-state index contributed by atoms with van der Waals surface area (Å²) < 4.78 is 2.06. The lowest BCUT2D eigenvalue weighted by Gasteiger charge is -2.09. The first-order chi connectivity index (χ1) is 7.33. The molecule has 1 aliphatic rings. The van der Waals surface area contributed by atoms with Gasteiger partial charge in [-0.05, 0) is 31.9 Å². The fourth-order valence-electron chi connectivity index (χ4n) is 1.94. The summed E-state index contributed by atoms with van der Waals surface area (Å²) in [5, 5.41) is 4.55. The maximum absolute atomic E-state index is 4.60. The molecule has 3 nitrogen and oxygen atoms in total. The second-order valence-electron chi connectivity index (χ2n) is 3.94. The minimum atomic E-state index is 0.907. The van der Waals surface area contributed by atoms with E-state index in [1.807, 2.05) is 0 Å². The minimum Gasteiger partial charge on any atom is -0.249 e. The number of aryl methyl sites for hydroxylation is 3. The lowest BCUT2D eigenvalue weighted by atomic mass is 10.2. The van der Waals surface area contributed by atoms with Crippen LogP contribution in [0.15, 0.2) is 12.1 Å². The van der Waals surface area contributed by atoms with E-state index in [0.29, 0.717) is 0 Å². The molecule has 15 heavy (non-hydrogen) atoms. The number of hydrogen-bond donors (Lipinski definition) is 0. The molecule has 0 amide bonds. The Morgan fingerprint density at radius 2 is 2.27 bits per heavy atom. The molecular weight excluding hydrogens is 206 g/mol. The highest BCUT2D eigenvalue weighted by molar-refractivity contribution is 7.15. The third kappa shape index (κ3) is 1.59. The van der Waals surface area contributed by atoms with Crippen LogP contribution >= 0.6 is 11.3 Å². The zero-order chi connectivity index (χ0) is 10.3. The largest absolute Gasteiger partial charge is 0.249 e. The van der Waals surface area contributed by atoms with Crippen molar-refractivity contribution in [1.82, 2.24) is 14.8 Å². The van der Waals surface area contributed by atoms with E-state index in [1.54, 1.807) is 11.3 Å². The molecule has 3 heterocycles. The molecule has 78 valence electrons. The highest BCUT2D eigenvalue weighted by Crippen LogP contribution is 2.26. The number of fused-ring (bicyclic) bond motifs is 1. The standard InChI is InChI=1S/C11H13N3S/c1-8-5-6-9(15-8)11-12-10-4-2-3-7-14(10)13-11/h5-6H,2-4,7H2,1H3. The smallest absolute Gasteiger partial charge is 0.191 e. The molecule has 0 bridgehead atoms. The number of thiophene rings is 1. The van der Waals surface area contributed by atoms with Gasteiger partial charge in [-0.1, -0.05) is 0 Å². The summed E-state index contributed by atoms with van der Waals surface area (Å²) in [5.74, 6) is 2.06. The highest BCUT2D eigenvalue weighted by atomic mass is 32.1. The summed E-state index contributed by atoms with van der Waals surface area (Å²) in [6, 6.07) is 4.24. The van der Waals surface area contributed by atoms with E-state index >= 15 is 0 Å². The second kappa shape index (κ2) is 3.45. The van der Waals surface area contributed by atoms with E-state index in [1.165, 1.54) is 22.6 Å². The fraction of sp³-hybridized carbons (Fsp3) is 0.455. The van der Waals surface area contributed by atoms with Crippen molar-refractivity contribution >= 4 is 11.3 Å². The second-order valence-corrected chi connectivity index (χ2v) is 5.23. The van der Waals surface area contributed by atoms with Gasteiger partial charge in [0.25, 0.3) is 0 Å². The third-order valence-electron chi connectivity index (χ3n) is 2.73. The molecule has 2 aromatic rings. The van der Waals surface area contributed by atoms with Gasteiger partial charge in [0.1, 0.15) is 5.82 Å². The predicted molar refractivity (Wildman–Crippen MR) is 61.0 cm³/mol. The number of nitrogens with zero attached hydrogens (tertiary/aromatic N) is 3. The molecule has 0 atom stereocenters. The molecule has 0 aliphatic carbocycles. The molecular formula is C11H13N3S. The first-order valence-corrected chi connectivity index (χ1v) is 6.15. The zero-order valence-corrected chi connectivity index (χ0v) is 9.55. The van der Waals surface area contributed by atoms with Crippen molar-refractivity contribution in [3.8, 4) is 10.7 Å². The predicted octanol–water partition coefficient (Wildman–Crippen LogP) is 2.65. The van der Waals surface area contributed by atoms with Crippen LogP contribution in [0.4, 0.5) is 0 Å². The summed E-state index contributed by atoms with van der Waals surface area (Å²) in [6.45, 7) is 3.15. The summed E-state index contributed by atoms with van der Waals surface area (Å²) in [4.78, 5) is 7.10. The van der Waals surface area contributed by atoms with Crippen molar-refractivity contribution in [3.05, 3.63) is 22.8 Å². The topological polar surface area (TPSA) is 30.7 Å². The molecule has 0 saturated carbocycles. The van der Waals surface area contributed by atoms with Crippen LogP contribution in [0.3, 0.4) is 0 Å². The molecule has 3 rings (SSSR count). The van der Waals surface area contributed by atoms with Gasteiger partial charge in [0.05, 0.1) is 4.88 Å². The highest BCUT2D eigenvalue weighted by Gasteiger charge is 2.15. The van der Waals surface area contributed by atoms with Gasteiger partial charge in [-0.2, -0.15) is 0 Å². The van der Waals surface area contributed by atoms with Gasteiger partial charge in [-0.25, -0.2) is 9.67 Å². The van der Waals surface area contributed by atoms with E-state index in [-0.39, 0.29) is 0 Å². The monoisotopic (exact) mass is 219 g/mol. The molecule has 0 unspecified atom stereocenters. The van der Waals surface area contributed by atoms with Gasteiger partial charge in [0, 0.05) is 17.8 Å². The average Bonchev–Trinajstić information content (AvgIpc) is 2.82. The van der Waals surface area contributed by atoms with E-state index in [4.69, 9.17) is 0 Å². The van der Waals surface area contributed by atoms with E-state index in [2.05, 4.69) is 33.8 Å². The van der Waals surface area contributed by atoms with Crippen LogP contribution < -0.4 is 0 Å². The first-order valence-electron chi connectivity index (χ1n) is 5.33. The quantitative estimate of drug-likeness (QED) is 0.738. The maximum atomic E-state index is 4.60. The lowest BCUT2D eigenvalue weighted by molar-refractivity contribution is 0.480. The van der Waals surface area contributed by atoms with Gasteiger partial charge in [0.15, 0.2) is 5.82 Å². The molecule has 1 aliphatic heterocycles. The van der Waals surface area contributed by atoms with Crippen LogP contribution in [0.1, 0.15) is 23.5 Å². The summed E-state index contributed by atoms with van der Waals surface area (Å²) in [6.07, 6.45) is 3.57. The summed E-state index contributed by atoms with van der Waals surface area (Å²) in [7, 11) is 0. The summed E-state index contributed by atoms with van der Waals surface area (Å²) in [5.41, 5.74) is 0. The number of aromatic nitrogens is 3. The normalized spacial score (nSPS) is 15.3. The van der Waals surface area contributed by atoms with Crippen LogP contribution in [0, 0.1) is 6.92 Å². The zero-order valence-electron chi connectivity index (χ0n) is 8.73. The van der Waals surface area contributed by atoms with Gasteiger partial charge >= 0.3 is 0 Å². The van der Waals surface area contributed by atoms with Gasteiger partial charge in [0.2, 0.25) is 0 Å². The first kappa shape index (κ1) is 9.09. The Kier molecular flexibility index (Phi) is 2.09. The van der Waals surface area contributed by atoms with Crippen molar-refractivity contribution in [3.63, 3.8) is 0 Å². The molecule has 2 aromatic heterocycles. The van der Waals surface area contributed by atoms with Crippen LogP contribution in [0.25, 0.3) is 10.7 Å². The lowest BCUT2D eigenvalue weighted by Crippen LogP contribution is -2.11. The Morgan fingerprint density at radius 1 is 1.33 bits per heavy atom. The van der Waals surface area contributed by atoms with Crippen molar-refractivity contribution in [1.29, 1.82) is 0 Å². The van der Waals surface area contributed by atoms with Crippen molar-refractivity contribution in [2.75, 3.05) is 0 Å². The Labute approximate surface area is 92.8 Å². The summed E-state index contributed by atoms with van der Waals surface area (Å²) >= 11 is 1.77. The molecule has 0 aromatic carbocycles. The molecule has 0 radical (unpaired) electrons. The van der Waals surface area contributed by atoms with Crippen molar-refractivity contribution in [2.45, 2.75) is 32.7 Å². The van der Waals surface area contributed by atoms with Gasteiger partial charge in [-0.15, -0.1) is 16.4 Å². The van der Waals surface area contributed by atoms with Crippen LogP contribution in [0.2, 0.25) is 0 Å². The third-order valence-corrected chi connectivity index (χ3v) is 3.73. The van der Waals surface area contributed by atoms with Crippen molar-refractivity contribution in [2.24, 2.45) is 0 Å². The molecule has 0 fully saturated rings. The van der Waals surface area contributed by atoms with Crippen molar-refractivity contribution < 1.29 is 0 Å². The van der Waals surface area contributed by atoms with E-state index in [0.717, 1.165) is 24.6 Å². The number of hydrogen-bond acceptors (Lipinski definition) is 3.